The average Bonchev–Trinajstić information content (AvgIpc) is 2.25. The van der Waals surface area contributed by atoms with Crippen LogP contribution in [-0.2, 0) is 6.18 Å². The lowest BCUT2D eigenvalue weighted by Crippen LogP contribution is -2.39. The van der Waals surface area contributed by atoms with Crippen molar-refractivity contribution in [2.24, 2.45) is 5.92 Å². The van der Waals surface area contributed by atoms with Crippen molar-refractivity contribution in [1.82, 2.24) is 5.32 Å². The van der Waals surface area contributed by atoms with Crippen LogP contribution in [0.2, 0.25) is 0 Å². The van der Waals surface area contributed by atoms with Gasteiger partial charge in [-0.1, -0.05) is 12.1 Å². The summed E-state index contributed by atoms with van der Waals surface area (Å²) >= 11 is 0. The molecule has 0 aromatic heterocycles. The highest BCUT2D eigenvalue weighted by Crippen LogP contribution is 2.38. The number of alkyl halides is 3. The molecule has 1 aliphatic rings. The number of hydrogen-bond donors (Lipinski definition) is 1. The molecule has 1 N–H and O–H groups in total. The Morgan fingerprint density at radius 2 is 1.94 bits per heavy atom. The van der Waals surface area contributed by atoms with Crippen LogP contribution < -0.4 is 10.1 Å². The molecule has 0 saturated heterocycles. The Hall–Kier alpha value is -1.23. The highest BCUT2D eigenvalue weighted by atomic mass is 19.4. The van der Waals surface area contributed by atoms with Gasteiger partial charge in [-0.25, -0.2) is 0 Å². The maximum absolute atomic E-state index is 12.7. The van der Waals surface area contributed by atoms with Crippen molar-refractivity contribution < 1.29 is 17.9 Å². The summed E-state index contributed by atoms with van der Waals surface area (Å²) in [5.41, 5.74) is -0.693. The number of para-hydroxylation sites is 1. The molecule has 2 rings (SSSR count). The zero-order valence-corrected chi connectivity index (χ0v) is 10.1. The Labute approximate surface area is 104 Å². The molecule has 18 heavy (non-hydrogen) atoms. The molecule has 2 nitrogen and oxygen atoms in total. The van der Waals surface area contributed by atoms with Gasteiger partial charge in [0.25, 0.3) is 0 Å². The minimum absolute atomic E-state index is 0.0575. The molecule has 5 heteroatoms. The van der Waals surface area contributed by atoms with Gasteiger partial charge in [-0.2, -0.15) is 13.2 Å². The van der Waals surface area contributed by atoms with E-state index in [1.807, 2.05) is 7.05 Å². The van der Waals surface area contributed by atoms with Gasteiger partial charge in [-0.05, 0) is 44.5 Å². The minimum atomic E-state index is -4.36. The van der Waals surface area contributed by atoms with E-state index in [9.17, 15) is 13.2 Å². The Morgan fingerprint density at radius 1 is 1.28 bits per heavy atom. The Bertz CT molecular complexity index is 399. The van der Waals surface area contributed by atoms with Crippen LogP contribution in [0.15, 0.2) is 24.3 Å². The van der Waals surface area contributed by atoms with E-state index in [2.05, 4.69) is 5.32 Å². The number of nitrogens with one attached hydrogen (secondary N) is 1. The number of ether oxygens (including phenoxy) is 1. The van der Waals surface area contributed by atoms with Crippen molar-refractivity contribution in [3.05, 3.63) is 29.8 Å². The largest absolute Gasteiger partial charge is 0.490 e. The van der Waals surface area contributed by atoms with Crippen LogP contribution in [0, 0.1) is 5.92 Å². The molecule has 1 aromatic rings. The summed E-state index contributed by atoms with van der Waals surface area (Å²) in [6.45, 7) is 0.890. The van der Waals surface area contributed by atoms with E-state index >= 15 is 0 Å². The zero-order valence-electron chi connectivity index (χ0n) is 10.1. The van der Waals surface area contributed by atoms with Crippen LogP contribution in [0.5, 0.6) is 5.75 Å². The van der Waals surface area contributed by atoms with Gasteiger partial charge < -0.3 is 10.1 Å². The summed E-state index contributed by atoms with van der Waals surface area (Å²) in [5.74, 6) is 0.455. The van der Waals surface area contributed by atoms with Crippen molar-refractivity contribution in [2.75, 3.05) is 13.6 Å². The van der Waals surface area contributed by atoms with E-state index in [0.29, 0.717) is 5.92 Å². The highest BCUT2D eigenvalue weighted by Gasteiger charge is 2.36. The number of halogens is 3. The topological polar surface area (TPSA) is 21.3 Å². The van der Waals surface area contributed by atoms with Gasteiger partial charge in [0.15, 0.2) is 0 Å². The van der Waals surface area contributed by atoms with E-state index in [1.165, 1.54) is 12.1 Å². The van der Waals surface area contributed by atoms with Gasteiger partial charge in [0.2, 0.25) is 0 Å². The first-order valence-corrected chi connectivity index (χ1v) is 5.98. The van der Waals surface area contributed by atoms with E-state index in [-0.39, 0.29) is 11.9 Å². The third-order valence-corrected chi connectivity index (χ3v) is 3.17. The molecule has 1 aromatic carbocycles. The molecule has 0 aliphatic heterocycles. The predicted octanol–water partition coefficient (Wildman–Crippen LogP) is 3.08. The first-order valence-electron chi connectivity index (χ1n) is 5.98. The fourth-order valence-electron chi connectivity index (χ4n) is 2.21. The quantitative estimate of drug-likeness (QED) is 0.897. The van der Waals surface area contributed by atoms with E-state index in [1.54, 1.807) is 6.07 Å². The van der Waals surface area contributed by atoms with E-state index < -0.39 is 11.7 Å². The summed E-state index contributed by atoms with van der Waals surface area (Å²) < 4.78 is 43.6. The summed E-state index contributed by atoms with van der Waals surface area (Å²) in [6, 6.07) is 5.38. The van der Waals surface area contributed by atoms with Crippen molar-refractivity contribution in [3.63, 3.8) is 0 Å². The van der Waals surface area contributed by atoms with Gasteiger partial charge in [-0.15, -0.1) is 0 Å². The lowest BCUT2D eigenvalue weighted by atomic mass is 9.82. The van der Waals surface area contributed by atoms with Crippen LogP contribution in [-0.4, -0.2) is 19.7 Å². The number of benzene rings is 1. The van der Waals surface area contributed by atoms with Crippen molar-refractivity contribution in [1.29, 1.82) is 0 Å². The third kappa shape index (κ3) is 2.96. The monoisotopic (exact) mass is 259 g/mol. The first-order chi connectivity index (χ1) is 8.50. The summed E-state index contributed by atoms with van der Waals surface area (Å²) in [4.78, 5) is 0. The van der Waals surface area contributed by atoms with Gasteiger partial charge in [0.05, 0.1) is 11.7 Å². The molecule has 0 unspecified atom stereocenters. The van der Waals surface area contributed by atoms with Gasteiger partial charge in [-0.3, -0.25) is 0 Å². The van der Waals surface area contributed by atoms with Crippen molar-refractivity contribution >= 4 is 0 Å². The average molecular weight is 259 g/mol. The number of hydrogen-bond acceptors (Lipinski definition) is 2. The fraction of sp³-hybridized carbons (Fsp3) is 0.538. The Kier molecular flexibility index (Phi) is 3.80. The van der Waals surface area contributed by atoms with Gasteiger partial charge in [0, 0.05) is 0 Å². The van der Waals surface area contributed by atoms with E-state index in [0.717, 1.165) is 25.5 Å². The van der Waals surface area contributed by atoms with Crippen LogP contribution in [0.1, 0.15) is 18.4 Å². The first kappa shape index (κ1) is 13.2. The molecule has 0 atom stereocenters. The van der Waals surface area contributed by atoms with Gasteiger partial charge in [0.1, 0.15) is 5.75 Å². The predicted molar refractivity (Wildman–Crippen MR) is 62.5 cm³/mol. The van der Waals surface area contributed by atoms with Crippen molar-refractivity contribution in [3.8, 4) is 5.75 Å². The standard InChI is InChI=1S/C13H16F3NO/c1-17-8-9-6-10(7-9)18-12-5-3-2-4-11(12)13(14,15)16/h2-5,9-10,17H,6-8H2,1H3. The molecular weight excluding hydrogens is 243 g/mol. The summed E-state index contributed by atoms with van der Waals surface area (Å²) in [7, 11) is 1.87. The number of rotatable bonds is 4. The molecule has 0 bridgehead atoms. The lowest BCUT2D eigenvalue weighted by molar-refractivity contribution is -0.139. The zero-order chi connectivity index (χ0) is 13.2. The third-order valence-electron chi connectivity index (χ3n) is 3.17. The molecule has 1 aliphatic carbocycles. The SMILES string of the molecule is CNCC1CC(Oc2ccccc2C(F)(F)F)C1. The maximum atomic E-state index is 12.7. The van der Waals surface area contributed by atoms with Gasteiger partial charge >= 0.3 is 6.18 Å². The maximum Gasteiger partial charge on any atom is 0.419 e. The smallest absolute Gasteiger partial charge is 0.419 e. The minimum Gasteiger partial charge on any atom is -0.490 e. The van der Waals surface area contributed by atoms with Crippen LogP contribution >= 0.6 is 0 Å². The second kappa shape index (κ2) is 5.18. The normalized spacial score (nSPS) is 23.6. The molecule has 0 radical (unpaired) electrons. The molecule has 0 spiro atoms. The molecule has 0 amide bonds. The Balaban J connectivity index is 1.99. The van der Waals surface area contributed by atoms with Crippen LogP contribution in [0.4, 0.5) is 13.2 Å². The molecular formula is C13H16F3NO. The molecule has 0 heterocycles. The lowest BCUT2D eigenvalue weighted by Gasteiger charge is -2.35. The highest BCUT2D eigenvalue weighted by molar-refractivity contribution is 5.35. The fourth-order valence-corrected chi connectivity index (χ4v) is 2.21. The van der Waals surface area contributed by atoms with Crippen LogP contribution in [0.25, 0.3) is 0 Å². The van der Waals surface area contributed by atoms with E-state index in [4.69, 9.17) is 4.74 Å². The molecule has 100 valence electrons. The summed E-state index contributed by atoms with van der Waals surface area (Å²) in [5, 5.41) is 3.05. The summed E-state index contributed by atoms with van der Waals surface area (Å²) in [6.07, 6.45) is -2.82. The van der Waals surface area contributed by atoms with Crippen LogP contribution in [0.3, 0.4) is 0 Å². The molecule has 1 fully saturated rings. The second-order valence-electron chi connectivity index (χ2n) is 4.63. The second-order valence-corrected chi connectivity index (χ2v) is 4.63. The molecule has 1 saturated carbocycles. The van der Waals surface area contributed by atoms with Crippen molar-refractivity contribution in [2.45, 2.75) is 25.1 Å². The Morgan fingerprint density at radius 3 is 2.56 bits per heavy atom.